The number of thiazole rings is 1. The lowest BCUT2D eigenvalue weighted by atomic mass is 10.0. The quantitative estimate of drug-likeness (QED) is 0.819. The van der Waals surface area contributed by atoms with Gasteiger partial charge in [0.1, 0.15) is 5.75 Å². The molecule has 6 nitrogen and oxygen atoms in total. The van der Waals surface area contributed by atoms with Crippen molar-refractivity contribution in [3.63, 3.8) is 0 Å². The van der Waals surface area contributed by atoms with Crippen LogP contribution in [0.15, 0.2) is 0 Å². The second kappa shape index (κ2) is 6.95. The first-order valence-electron chi connectivity index (χ1n) is 7.39. The van der Waals surface area contributed by atoms with Crippen LogP contribution in [-0.4, -0.2) is 28.6 Å². The molecular weight excluding hydrogens is 316 g/mol. The van der Waals surface area contributed by atoms with E-state index in [1.807, 2.05) is 20.8 Å². The van der Waals surface area contributed by atoms with Crippen LogP contribution in [0.3, 0.4) is 0 Å². The van der Waals surface area contributed by atoms with Gasteiger partial charge in [-0.2, -0.15) is 0 Å². The molecule has 0 aliphatic carbocycles. The van der Waals surface area contributed by atoms with Gasteiger partial charge in [-0.15, -0.1) is 0 Å². The monoisotopic (exact) mass is 336 g/mol. The Labute approximate surface area is 138 Å². The first-order chi connectivity index (χ1) is 10.8. The topological polar surface area (TPSA) is 88.5 Å². The predicted molar refractivity (Wildman–Crippen MR) is 90.0 cm³/mol. The van der Waals surface area contributed by atoms with Crippen molar-refractivity contribution in [2.75, 3.05) is 11.9 Å². The van der Waals surface area contributed by atoms with Crippen molar-refractivity contribution in [3.8, 4) is 5.75 Å². The minimum atomic E-state index is -0.390. The zero-order valence-corrected chi connectivity index (χ0v) is 14.5. The number of hydrogen-bond acceptors (Lipinski definition) is 6. The first kappa shape index (κ1) is 17.2. The maximum Gasteiger partial charge on any atom is 0.306 e. The van der Waals surface area contributed by atoms with Gasteiger partial charge in [-0.1, -0.05) is 11.3 Å². The van der Waals surface area contributed by atoms with E-state index in [-0.39, 0.29) is 30.5 Å². The molecule has 1 amide bonds. The molecule has 0 saturated carbocycles. The Balaban J connectivity index is 2.16. The zero-order valence-electron chi connectivity index (χ0n) is 13.6. The van der Waals surface area contributed by atoms with E-state index in [0.717, 1.165) is 26.9 Å². The van der Waals surface area contributed by atoms with Crippen molar-refractivity contribution < 1.29 is 19.4 Å². The third-order valence-electron chi connectivity index (χ3n) is 3.70. The molecule has 23 heavy (non-hydrogen) atoms. The summed E-state index contributed by atoms with van der Waals surface area (Å²) in [6.07, 6.45) is 0.0967. The number of aromatic hydroxyl groups is 1. The van der Waals surface area contributed by atoms with E-state index >= 15 is 0 Å². The second-order valence-corrected chi connectivity index (χ2v) is 6.27. The van der Waals surface area contributed by atoms with E-state index in [4.69, 9.17) is 4.74 Å². The summed E-state index contributed by atoms with van der Waals surface area (Å²) >= 11 is 1.31. The van der Waals surface area contributed by atoms with E-state index in [1.54, 1.807) is 6.92 Å². The standard InChI is InChI=1S/C16H20N2O4S/c1-5-22-12(20)7-6-11(19)17-16-18-13-8(2)9(3)14(21)10(4)15(13)23-16/h21H,5-7H2,1-4H3,(H,17,18,19). The van der Waals surface area contributed by atoms with Crippen LogP contribution in [0.4, 0.5) is 5.13 Å². The number of phenolic OH excluding ortho intramolecular Hbond substituents is 1. The number of benzene rings is 1. The molecule has 2 N–H and O–H groups in total. The van der Waals surface area contributed by atoms with Crippen LogP contribution in [0.25, 0.3) is 10.2 Å². The van der Waals surface area contributed by atoms with Crippen LogP contribution in [0.1, 0.15) is 36.5 Å². The Morgan fingerprint density at radius 1 is 1.17 bits per heavy atom. The molecule has 0 aliphatic rings. The van der Waals surface area contributed by atoms with Gasteiger partial charge in [-0.3, -0.25) is 9.59 Å². The van der Waals surface area contributed by atoms with Crippen molar-refractivity contribution in [1.29, 1.82) is 0 Å². The third kappa shape index (κ3) is 3.61. The highest BCUT2D eigenvalue weighted by atomic mass is 32.1. The van der Waals surface area contributed by atoms with Gasteiger partial charge in [0.15, 0.2) is 5.13 Å². The van der Waals surface area contributed by atoms with Gasteiger partial charge in [0.25, 0.3) is 0 Å². The summed E-state index contributed by atoms with van der Waals surface area (Å²) in [6, 6.07) is 0. The van der Waals surface area contributed by atoms with Crippen molar-refractivity contribution in [1.82, 2.24) is 4.98 Å². The molecule has 2 rings (SSSR count). The second-order valence-electron chi connectivity index (χ2n) is 5.27. The SMILES string of the molecule is CCOC(=O)CCC(=O)Nc1nc2c(C)c(C)c(O)c(C)c2s1. The number of rotatable bonds is 5. The molecule has 0 spiro atoms. The molecule has 124 valence electrons. The Morgan fingerprint density at radius 3 is 2.52 bits per heavy atom. The van der Waals surface area contributed by atoms with Gasteiger partial charge in [-0.05, 0) is 38.8 Å². The number of carbonyl (C=O) groups excluding carboxylic acids is 2. The Morgan fingerprint density at radius 2 is 1.87 bits per heavy atom. The van der Waals surface area contributed by atoms with Gasteiger partial charge >= 0.3 is 5.97 Å². The summed E-state index contributed by atoms with van der Waals surface area (Å²) < 4.78 is 5.64. The first-order valence-corrected chi connectivity index (χ1v) is 8.21. The maximum atomic E-state index is 11.9. The van der Waals surface area contributed by atoms with E-state index in [0.29, 0.717) is 11.7 Å². The van der Waals surface area contributed by atoms with Crippen LogP contribution < -0.4 is 5.32 Å². The molecule has 1 aromatic heterocycles. The summed E-state index contributed by atoms with van der Waals surface area (Å²) in [6.45, 7) is 7.59. The fraction of sp³-hybridized carbons (Fsp3) is 0.438. The Hall–Kier alpha value is -2.15. The third-order valence-corrected chi connectivity index (χ3v) is 4.79. The average Bonchev–Trinajstić information content (AvgIpc) is 2.93. The molecule has 0 bridgehead atoms. The summed E-state index contributed by atoms with van der Waals surface area (Å²) in [7, 11) is 0. The van der Waals surface area contributed by atoms with Crippen molar-refractivity contribution in [2.24, 2.45) is 0 Å². The number of nitrogens with one attached hydrogen (secondary N) is 1. The molecule has 0 atom stereocenters. The number of carbonyl (C=O) groups is 2. The fourth-order valence-corrected chi connectivity index (χ4v) is 3.30. The molecule has 1 heterocycles. The summed E-state index contributed by atoms with van der Waals surface area (Å²) in [5.74, 6) is -0.411. The number of nitrogens with zero attached hydrogens (tertiary/aromatic N) is 1. The highest BCUT2D eigenvalue weighted by Crippen LogP contribution is 2.38. The van der Waals surface area contributed by atoms with Crippen LogP contribution >= 0.6 is 11.3 Å². The predicted octanol–water partition coefficient (Wildman–Crippen LogP) is 3.21. The molecule has 7 heteroatoms. The summed E-state index contributed by atoms with van der Waals surface area (Å²) in [4.78, 5) is 27.6. The number of amides is 1. The average molecular weight is 336 g/mol. The van der Waals surface area contributed by atoms with Crippen molar-refractivity contribution in [2.45, 2.75) is 40.5 Å². The molecule has 0 fully saturated rings. The highest BCUT2D eigenvalue weighted by molar-refractivity contribution is 7.22. The maximum absolute atomic E-state index is 11.9. The fourth-order valence-electron chi connectivity index (χ4n) is 2.26. The smallest absolute Gasteiger partial charge is 0.306 e. The molecule has 2 aromatic rings. The molecule has 1 aromatic carbocycles. The van der Waals surface area contributed by atoms with Gasteiger partial charge < -0.3 is 15.2 Å². The summed E-state index contributed by atoms with van der Waals surface area (Å²) in [5, 5.41) is 13.3. The largest absolute Gasteiger partial charge is 0.507 e. The van der Waals surface area contributed by atoms with Gasteiger partial charge in [0.2, 0.25) is 5.91 Å². The zero-order chi connectivity index (χ0) is 17.1. The van der Waals surface area contributed by atoms with Gasteiger partial charge in [-0.25, -0.2) is 4.98 Å². The summed E-state index contributed by atoms with van der Waals surface area (Å²) in [5.41, 5.74) is 3.22. The minimum absolute atomic E-state index is 0.0442. The number of fused-ring (bicyclic) bond motifs is 1. The number of phenols is 1. The highest BCUT2D eigenvalue weighted by Gasteiger charge is 2.17. The van der Waals surface area contributed by atoms with Gasteiger partial charge in [0, 0.05) is 12.0 Å². The van der Waals surface area contributed by atoms with E-state index < -0.39 is 0 Å². The Bertz CT molecular complexity index is 722. The van der Waals surface area contributed by atoms with Crippen LogP contribution in [-0.2, 0) is 14.3 Å². The lowest BCUT2D eigenvalue weighted by molar-refractivity contribution is -0.144. The van der Waals surface area contributed by atoms with E-state index in [1.165, 1.54) is 11.3 Å². The lowest BCUT2D eigenvalue weighted by Crippen LogP contribution is -2.14. The molecule has 0 saturated heterocycles. The Kier molecular flexibility index (Phi) is 5.20. The van der Waals surface area contributed by atoms with Crippen LogP contribution in [0.5, 0.6) is 5.75 Å². The number of hydrogen-bond donors (Lipinski definition) is 2. The number of aryl methyl sites for hydroxylation is 2. The van der Waals surface area contributed by atoms with Crippen molar-refractivity contribution >= 4 is 38.6 Å². The minimum Gasteiger partial charge on any atom is -0.507 e. The number of esters is 1. The van der Waals surface area contributed by atoms with E-state index in [9.17, 15) is 14.7 Å². The van der Waals surface area contributed by atoms with Crippen molar-refractivity contribution in [3.05, 3.63) is 16.7 Å². The lowest BCUT2D eigenvalue weighted by Gasteiger charge is -2.07. The normalized spacial score (nSPS) is 10.8. The number of ether oxygens (including phenoxy) is 1. The molecular formula is C16H20N2O4S. The van der Waals surface area contributed by atoms with Crippen LogP contribution in [0.2, 0.25) is 0 Å². The number of anilines is 1. The van der Waals surface area contributed by atoms with Crippen LogP contribution in [0, 0.1) is 20.8 Å². The van der Waals surface area contributed by atoms with Gasteiger partial charge in [0.05, 0.1) is 23.2 Å². The molecule has 0 unspecified atom stereocenters. The molecule has 0 radical (unpaired) electrons. The van der Waals surface area contributed by atoms with E-state index in [2.05, 4.69) is 10.3 Å². The number of aromatic nitrogens is 1. The molecule has 0 aliphatic heterocycles.